The third-order valence-corrected chi connectivity index (χ3v) is 7.88. The van der Waals surface area contributed by atoms with E-state index in [1.807, 2.05) is 49.4 Å². The van der Waals surface area contributed by atoms with Crippen LogP contribution in [0.2, 0.25) is 0 Å². The van der Waals surface area contributed by atoms with E-state index in [1.165, 1.54) is 0 Å². The van der Waals surface area contributed by atoms with Crippen molar-refractivity contribution in [3.05, 3.63) is 59.2 Å². The van der Waals surface area contributed by atoms with Crippen molar-refractivity contribution in [2.24, 2.45) is 11.8 Å². The van der Waals surface area contributed by atoms with Gasteiger partial charge in [0.05, 0.1) is 42.8 Å². The number of cyclic esters (lactones) is 1. The summed E-state index contributed by atoms with van der Waals surface area (Å²) in [4.78, 5) is 22.8. The number of esters is 1. The molecule has 1 aromatic heterocycles. The predicted molar refractivity (Wildman–Crippen MR) is 147 cm³/mol. The molecule has 1 saturated heterocycles. The third-order valence-electron chi connectivity index (χ3n) is 7.66. The second kappa shape index (κ2) is 9.23. The van der Waals surface area contributed by atoms with E-state index in [0.29, 0.717) is 46.4 Å². The Labute approximate surface area is 229 Å². The number of hydrogen-bond acceptors (Lipinski definition) is 9. The van der Waals surface area contributed by atoms with Gasteiger partial charge >= 0.3 is 5.97 Å². The Balaban J connectivity index is 1.36. The predicted octanol–water partition coefficient (Wildman–Crippen LogP) is 4.73. The minimum absolute atomic E-state index is 0.0773. The Bertz CT molecular complexity index is 1670. The second-order valence-electron chi connectivity index (χ2n) is 9.87. The van der Waals surface area contributed by atoms with Crippen molar-refractivity contribution in [2.45, 2.75) is 19.3 Å². The summed E-state index contributed by atoms with van der Waals surface area (Å²) in [6.45, 7) is 2.96. The first-order valence-electron chi connectivity index (χ1n) is 12.8. The van der Waals surface area contributed by atoms with Crippen molar-refractivity contribution < 1.29 is 28.5 Å². The average Bonchev–Trinajstić information content (AvgIpc) is 3.54. The van der Waals surface area contributed by atoms with Gasteiger partial charge in [-0.1, -0.05) is 0 Å². The Morgan fingerprint density at radius 2 is 1.90 bits per heavy atom. The summed E-state index contributed by atoms with van der Waals surface area (Å²) in [6, 6.07) is 13.7. The Kier molecular flexibility index (Phi) is 5.66. The Morgan fingerprint density at radius 1 is 1.05 bits per heavy atom. The quantitative estimate of drug-likeness (QED) is 0.221. The average molecular weight is 544 g/mol. The fourth-order valence-electron chi connectivity index (χ4n) is 5.97. The molecule has 3 aliphatic rings. The number of rotatable bonds is 4. The maximum atomic E-state index is 13.0. The van der Waals surface area contributed by atoms with E-state index in [4.69, 9.17) is 45.9 Å². The van der Waals surface area contributed by atoms with Gasteiger partial charge in [-0.05, 0) is 84.7 Å². The molecule has 0 radical (unpaired) electrons. The van der Waals surface area contributed by atoms with Crippen LogP contribution in [0.1, 0.15) is 29.5 Å². The maximum absolute atomic E-state index is 13.0. The molecule has 3 heterocycles. The summed E-state index contributed by atoms with van der Waals surface area (Å²) >= 11 is 5.21. The summed E-state index contributed by atoms with van der Waals surface area (Å²) in [6.07, 6.45) is 0.747. The molecule has 39 heavy (non-hydrogen) atoms. The first kappa shape index (κ1) is 23.9. The molecule has 0 bridgehead atoms. The highest BCUT2D eigenvalue weighted by molar-refractivity contribution is 7.80. The molecule has 7 rings (SSSR count). The van der Waals surface area contributed by atoms with E-state index < -0.39 is 0 Å². The number of fused-ring (bicyclic) bond motifs is 5. The highest BCUT2D eigenvalue weighted by Gasteiger charge is 2.48. The molecule has 9 nitrogen and oxygen atoms in total. The maximum Gasteiger partial charge on any atom is 0.310 e. The first-order valence-corrected chi connectivity index (χ1v) is 13.3. The van der Waals surface area contributed by atoms with Crippen molar-refractivity contribution >= 4 is 51.1 Å². The van der Waals surface area contributed by atoms with Crippen LogP contribution in [0.3, 0.4) is 0 Å². The summed E-state index contributed by atoms with van der Waals surface area (Å²) in [5.74, 6) is 1.35. The molecule has 0 amide bonds. The van der Waals surface area contributed by atoms with Crippen LogP contribution in [0.15, 0.2) is 42.5 Å². The fourth-order valence-corrected chi connectivity index (χ4v) is 6.21. The lowest BCUT2D eigenvalue weighted by atomic mass is 9.67. The minimum atomic E-state index is -0.309. The topological polar surface area (TPSA) is 101 Å². The normalized spacial score (nSPS) is 20.9. The van der Waals surface area contributed by atoms with Crippen molar-refractivity contribution in [3.63, 3.8) is 0 Å². The number of carbonyl (C=O) groups excluding carboxylic acids is 1. The number of methoxy groups -OCH3 is 1. The Hall–Kier alpha value is -4.18. The fraction of sp³-hybridized carbons (Fsp3) is 0.310. The zero-order valence-corrected chi connectivity index (χ0v) is 22.2. The van der Waals surface area contributed by atoms with Gasteiger partial charge in [-0.3, -0.25) is 4.79 Å². The van der Waals surface area contributed by atoms with Gasteiger partial charge < -0.3 is 29.0 Å². The third kappa shape index (κ3) is 3.97. The monoisotopic (exact) mass is 543 g/mol. The first-order chi connectivity index (χ1) is 19.0. The van der Waals surface area contributed by atoms with Crippen molar-refractivity contribution in [1.82, 2.24) is 9.97 Å². The van der Waals surface area contributed by atoms with Crippen LogP contribution in [-0.4, -0.2) is 48.2 Å². The molecule has 0 saturated carbocycles. The van der Waals surface area contributed by atoms with E-state index in [9.17, 15) is 4.79 Å². The van der Waals surface area contributed by atoms with Gasteiger partial charge in [0.25, 0.3) is 5.17 Å². The molecule has 10 heteroatoms. The summed E-state index contributed by atoms with van der Waals surface area (Å²) in [7, 11) is 1.61. The number of ether oxygens (including phenoxy) is 5. The van der Waals surface area contributed by atoms with E-state index in [-0.39, 0.29) is 30.5 Å². The number of nitrogens with zero attached hydrogens (tertiary/aromatic N) is 2. The van der Waals surface area contributed by atoms with Gasteiger partial charge in [0.15, 0.2) is 11.5 Å². The molecule has 2 aliphatic heterocycles. The molecule has 198 valence electrons. The van der Waals surface area contributed by atoms with E-state index in [0.717, 1.165) is 40.1 Å². The molecule has 0 spiro atoms. The van der Waals surface area contributed by atoms with E-state index in [2.05, 4.69) is 5.32 Å². The van der Waals surface area contributed by atoms with Crippen LogP contribution in [0.25, 0.3) is 22.1 Å². The van der Waals surface area contributed by atoms with Crippen LogP contribution in [-0.2, 0) is 20.7 Å². The van der Waals surface area contributed by atoms with Gasteiger partial charge in [0.2, 0.25) is 6.79 Å². The van der Waals surface area contributed by atoms with Gasteiger partial charge in [-0.25, -0.2) is 9.97 Å². The lowest BCUT2D eigenvalue weighted by Gasteiger charge is -2.33. The highest BCUT2D eigenvalue weighted by Crippen LogP contribution is 2.51. The van der Waals surface area contributed by atoms with Gasteiger partial charge in [-0.15, -0.1) is 0 Å². The summed E-state index contributed by atoms with van der Waals surface area (Å²) in [5, 5.41) is 3.36. The van der Waals surface area contributed by atoms with E-state index >= 15 is 0 Å². The minimum Gasteiger partial charge on any atom is -0.494 e. The van der Waals surface area contributed by atoms with E-state index in [1.54, 1.807) is 7.11 Å². The largest absolute Gasteiger partial charge is 0.494 e. The molecule has 1 fully saturated rings. The molecule has 1 N–H and O–H groups in total. The molecular formula is C29H25N3O6S. The standard InChI is InChI=1S/C29H25N3O6S/c1-3-35-29(39)30-17-4-5-19-20(10-17)32-27-21(31-19)7-15(9-24(27)34-2)25-18-11-23-22(37-13-38-23)8-14(18)6-16-12-36-28(33)26(16)25/h4-5,7-11,16,25-26H,3,6,12-13H2,1-2H3,(H,30,39)/t16?,25-,26?/m0/s1. The number of aromatic nitrogens is 2. The number of benzene rings is 3. The molecule has 1 aliphatic carbocycles. The lowest BCUT2D eigenvalue weighted by molar-refractivity contribution is -0.141. The molecule has 3 aromatic carbocycles. The number of anilines is 1. The van der Waals surface area contributed by atoms with Gasteiger partial charge in [-0.2, -0.15) is 0 Å². The summed E-state index contributed by atoms with van der Waals surface area (Å²) in [5.41, 5.74) is 6.57. The molecule has 3 atom stereocenters. The smallest absolute Gasteiger partial charge is 0.310 e. The Morgan fingerprint density at radius 3 is 2.72 bits per heavy atom. The highest BCUT2D eigenvalue weighted by atomic mass is 32.1. The SMILES string of the molecule is CCOC(=S)Nc1ccc2nc3cc([C@H]4c5cc6c(cc5CC5COC(=O)C54)OCO6)cc(OC)c3nc2c1. The number of nitrogens with one attached hydrogen (secondary N) is 1. The van der Waals surface area contributed by atoms with Crippen LogP contribution >= 0.6 is 12.2 Å². The molecular weight excluding hydrogens is 518 g/mol. The van der Waals surface area contributed by atoms with Crippen molar-refractivity contribution in [2.75, 3.05) is 32.4 Å². The molecule has 2 unspecified atom stereocenters. The van der Waals surface area contributed by atoms with Gasteiger partial charge in [0, 0.05) is 17.5 Å². The van der Waals surface area contributed by atoms with Crippen LogP contribution < -0.4 is 19.5 Å². The van der Waals surface area contributed by atoms with Crippen molar-refractivity contribution in [3.8, 4) is 17.2 Å². The van der Waals surface area contributed by atoms with Crippen LogP contribution in [0.5, 0.6) is 17.2 Å². The van der Waals surface area contributed by atoms with Crippen molar-refractivity contribution in [1.29, 1.82) is 0 Å². The zero-order chi connectivity index (χ0) is 26.7. The van der Waals surface area contributed by atoms with Crippen LogP contribution in [0.4, 0.5) is 5.69 Å². The number of thiocarbonyl (C=S) groups is 1. The zero-order valence-electron chi connectivity index (χ0n) is 21.4. The van der Waals surface area contributed by atoms with Gasteiger partial charge in [0.1, 0.15) is 11.3 Å². The lowest BCUT2D eigenvalue weighted by Crippen LogP contribution is -2.31. The number of carbonyl (C=O) groups is 1. The van der Waals surface area contributed by atoms with Crippen LogP contribution in [0, 0.1) is 11.8 Å². The second-order valence-corrected chi connectivity index (χ2v) is 10.2. The summed E-state index contributed by atoms with van der Waals surface area (Å²) < 4.78 is 28.0. The molecule has 4 aromatic rings. The number of hydrogen-bond donors (Lipinski definition) is 1.